The monoisotopic (exact) mass is 324 g/mol. The van der Waals surface area contributed by atoms with E-state index in [1.807, 2.05) is 24.3 Å². The van der Waals surface area contributed by atoms with Crippen molar-refractivity contribution in [1.82, 2.24) is 10.6 Å². The Morgan fingerprint density at radius 2 is 2.26 bits per heavy atom. The average molecular weight is 325 g/mol. The third kappa shape index (κ3) is 4.05. The zero-order valence-electron chi connectivity index (χ0n) is 11.3. The number of rotatable bonds is 4. The Hall–Kier alpha value is -0.870. The Morgan fingerprint density at radius 1 is 1.47 bits per heavy atom. The number of halogens is 1. The minimum Gasteiger partial charge on any atom is -0.351 e. The fraction of sp³-hybridized carbons (Fsp3) is 0.533. The maximum absolute atomic E-state index is 12.2. The Balaban J connectivity index is 1.86. The summed E-state index contributed by atoms with van der Waals surface area (Å²) in [5.41, 5.74) is 1.11. The van der Waals surface area contributed by atoms with Crippen LogP contribution in [0.25, 0.3) is 0 Å². The van der Waals surface area contributed by atoms with Crippen LogP contribution in [0.15, 0.2) is 28.7 Å². The molecule has 0 radical (unpaired) electrons. The number of benzene rings is 1. The van der Waals surface area contributed by atoms with Gasteiger partial charge in [-0.25, -0.2) is 0 Å². The molecule has 0 spiro atoms. The fourth-order valence-electron chi connectivity index (χ4n) is 2.51. The van der Waals surface area contributed by atoms with Gasteiger partial charge in [-0.1, -0.05) is 47.5 Å². The van der Waals surface area contributed by atoms with Gasteiger partial charge in [-0.15, -0.1) is 0 Å². The number of nitrogens with one attached hydrogen (secondary N) is 2. The third-order valence-corrected chi connectivity index (χ3v) is 4.59. The Bertz CT molecular complexity index is 436. The lowest BCUT2D eigenvalue weighted by atomic mass is 9.90. The summed E-state index contributed by atoms with van der Waals surface area (Å²) < 4.78 is 1.04. The van der Waals surface area contributed by atoms with E-state index in [2.05, 4.69) is 33.5 Å². The predicted octanol–water partition coefficient (Wildman–Crippen LogP) is 2.84. The minimum absolute atomic E-state index is 0.0267. The van der Waals surface area contributed by atoms with Gasteiger partial charge in [0.15, 0.2) is 0 Å². The molecule has 0 saturated carbocycles. The molecule has 1 aromatic carbocycles. The quantitative estimate of drug-likeness (QED) is 0.894. The molecule has 1 aromatic rings. The SMILES string of the molecule is CCC1CCNC(C(=O)NCc2ccccc2Br)C1. The molecule has 1 aliphatic heterocycles. The van der Waals surface area contributed by atoms with Crippen LogP contribution in [0, 0.1) is 5.92 Å². The lowest BCUT2D eigenvalue weighted by Crippen LogP contribution is -2.48. The molecule has 2 unspecified atom stereocenters. The van der Waals surface area contributed by atoms with Gasteiger partial charge in [-0.2, -0.15) is 0 Å². The van der Waals surface area contributed by atoms with Crippen molar-refractivity contribution in [3.05, 3.63) is 34.3 Å². The van der Waals surface area contributed by atoms with Crippen LogP contribution >= 0.6 is 15.9 Å². The molecule has 1 heterocycles. The van der Waals surface area contributed by atoms with Crippen molar-refractivity contribution in [2.45, 2.75) is 38.8 Å². The van der Waals surface area contributed by atoms with E-state index in [1.165, 1.54) is 6.42 Å². The van der Waals surface area contributed by atoms with Crippen LogP contribution in [-0.2, 0) is 11.3 Å². The van der Waals surface area contributed by atoms with Crippen molar-refractivity contribution in [3.63, 3.8) is 0 Å². The molecule has 1 fully saturated rings. The Morgan fingerprint density at radius 3 is 3.00 bits per heavy atom. The summed E-state index contributed by atoms with van der Waals surface area (Å²) in [6.07, 6.45) is 3.30. The van der Waals surface area contributed by atoms with Crippen molar-refractivity contribution in [2.75, 3.05) is 6.54 Å². The van der Waals surface area contributed by atoms with Crippen molar-refractivity contribution < 1.29 is 4.79 Å². The number of amides is 1. The highest BCUT2D eigenvalue weighted by molar-refractivity contribution is 9.10. The fourth-order valence-corrected chi connectivity index (χ4v) is 2.94. The van der Waals surface area contributed by atoms with Gasteiger partial charge in [0.25, 0.3) is 0 Å². The molecule has 1 aliphatic rings. The van der Waals surface area contributed by atoms with Gasteiger partial charge >= 0.3 is 0 Å². The molecule has 1 saturated heterocycles. The van der Waals surface area contributed by atoms with E-state index >= 15 is 0 Å². The summed E-state index contributed by atoms with van der Waals surface area (Å²) in [7, 11) is 0. The van der Waals surface area contributed by atoms with E-state index in [0.29, 0.717) is 12.5 Å². The molecule has 0 aliphatic carbocycles. The number of piperidine rings is 1. The summed E-state index contributed by atoms with van der Waals surface area (Å²) in [6, 6.07) is 7.95. The second-order valence-electron chi connectivity index (χ2n) is 5.11. The maximum atomic E-state index is 12.2. The maximum Gasteiger partial charge on any atom is 0.237 e. The molecule has 2 atom stereocenters. The van der Waals surface area contributed by atoms with Crippen molar-refractivity contribution >= 4 is 21.8 Å². The van der Waals surface area contributed by atoms with Crippen LogP contribution in [0.3, 0.4) is 0 Å². The molecule has 2 N–H and O–H groups in total. The molecule has 104 valence electrons. The molecule has 3 nitrogen and oxygen atoms in total. The van der Waals surface area contributed by atoms with Crippen LogP contribution in [0.2, 0.25) is 0 Å². The van der Waals surface area contributed by atoms with Crippen molar-refractivity contribution in [1.29, 1.82) is 0 Å². The first-order valence-electron chi connectivity index (χ1n) is 6.95. The largest absolute Gasteiger partial charge is 0.351 e. The van der Waals surface area contributed by atoms with Gasteiger partial charge in [0, 0.05) is 11.0 Å². The summed E-state index contributed by atoms with van der Waals surface area (Å²) in [5.74, 6) is 0.800. The van der Waals surface area contributed by atoms with Gasteiger partial charge < -0.3 is 10.6 Å². The highest BCUT2D eigenvalue weighted by Gasteiger charge is 2.25. The Labute approximate surface area is 123 Å². The normalized spacial score (nSPS) is 23.1. The first-order valence-corrected chi connectivity index (χ1v) is 7.74. The van der Waals surface area contributed by atoms with E-state index in [1.54, 1.807) is 0 Å². The number of carbonyl (C=O) groups excluding carboxylic acids is 1. The average Bonchev–Trinajstić information content (AvgIpc) is 2.46. The zero-order chi connectivity index (χ0) is 13.7. The van der Waals surface area contributed by atoms with E-state index < -0.39 is 0 Å². The van der Waals surface area contributed by atoms with Crippen LogP contribution in [0.4, 0.5) is 0 Å². The van der Waals surface area contributed by atoms with Crippen molar-refractivity contribution in [2.24, 2.45) is 5.92 Å². The lowest BCUT2D eigenvalue weighted by Gasteiger charge is -2.28. The van der Waals surface area contributed by atoms with Crippen LogP contribution in [-0.4, -0.2) is 18.5 Å². The van der Waals surface area contributed by atoms with Gasteiger partial charge in [-0.05, 0) is 36.9 Å². The topological polar surface area (TPSA) is 41.1 Å². The summed E-state index contributed by atoms with van der Waals surface area (Å²) in [4.78, 5) is 12.2. The van der Waals surface area contributed by atoms with Gasteiger partial charge in [0.05, 0.1) is 6.04 Å². The van der Waals surface area contributed by atoms with E-state index in [0.717, 1.165) is 29.4 Å². The molecule has 4 heteroatoms. The van der Waals surface area contributed by atoms with Crippen LogP contribution < -0.4 is 10.6 Å². The van der Waals surface area contributed by atoms with Crippen LogP contribution in [0.1, 0.15) is 31.7 Å². The second-order valence-corrected chi connectivity index (χ2v) is 5.97. The molecule has 2 rings (SSSR count). The molecule has 0 bridgehead atoms. The number of hydrogen-bond acceptors (Lipinski definition) is 2. The highest BCUT2D eigenvalue weighted by Crippen LogP contribution is 2.20. The van der Waals surface area contributed by atoms with Gasteiger partial charge in [0.1, 0.15) is 0 Å². The first kappa shape index (κ1) is 14.5. The second kappa shape index (κ2) is 7.06. The predicted molar refractivity (Wildman–Crippen MR) is 80.8 cm³/mol. The highest BCUT2D eigenvalue weighted by atomic mass is 79.9. The van der Waals surface area contributed by atoms with E-state index in [4.69, 9.17) is 0 Å². The lowest BCUT2D eigenvalue weighted by molar-refractivity contribution is -0.124. The summed E-state index contributed by atoms with van der Waals surface area (Å²) in [6.45, 7) is 3.73. The number of hydrogen-bond donors (Lipinski definition) is 2. The standard InChI is InChI=1S/C15H21BrN2O/c1-2-11-7-8-17-14(9-11)15(19)18-10-12-5-3-4-6-13(12)16/h3-6,11,14,17H,2,7-10H2,1H3,(H,18,19). The smallest absolute Gasteiger partial charge is 0.237 e. The molecular weight excluding hydrogens is 304 g/mol. The van der Waals surface area contributed by atoms with Crippen molar-refractivity contribution in [3.8, 4) is 0 Å². The molecule has 0 aromatic heterocycles. The van der Waals surface area contributed by atoms with Gasteiger partial charge in [-0.3, -0.25) is 4.79 Å². The summed E-state index contributed by atoms with van der Waals surface area (Å²) >= 11 is 3.50. The minimum atomic E-state index is -0.0267. The van der Waals surface area contributed by atoms with E-state index in [9.17, 15) is 4.79 Å². The summed E-state index contributed by atoms with van der Waals surface area (Å²) in [5, 5.41) is 6.33. The molecule has 19 heavy (non-hydrogen) atoms. The molecule has 1 amide bonds. The molecular formula is C15H21BrN2O. The van der Waals surface area contributed by atoms with Crippen LogP contribution in [0.5, 0.6) is 0 Å². The first-order chi connectivity index (χ1) is 9.20. The zero-order valence-corrected chi connectivity index (χ0v) is 12.9. The Kier molecular flexibility index (Phi) is 5.40. The van der Waals surface area contributed by atoms with E-state index in [-0.39, 0.29) is 11.9 Å². The number of carbonyl (C=O) groups is 1. The van der Waals surface area contributed by atoms with Gasteiger partial charge in [0.2, 0.25) is 5.91 Å². The third-order valence-electron chi connectivity index (χ3n) is 3.82.